The molecule has 4 heteroatoms. The van der Waals surface area contributed by atoms with Gasteiger partial charge in [0.1, 0.15) is 6.04 Å². The quantitative estimate of drug-likeness (QED) is 0.598. The molecule has 0 spiro atoms. The summed E-state index contributed by atoms with van der Waals surface area (Å²) in [5.41, 5.74) is 8.06. The third-order valence-electron chi connectivity index (χ3n) is 2.33. The van der Waals surface area contributed by atoms with Crippen LogP contribution in [-0.4, -0.2) is 19.1 Å². The van der Waals surface area contributed by atoms with Gasteiger partial charge in [-0.15, -0.1) is 0 Å². The van der Waals surface area contributed by atoms with Crippen molar-refractivity contribution >= 4 is 11.7 Å². The number of hydrogen-bond donors (Lipinski definition) is 2. The molecule has 1 atom stereocenters. The van der Waals surface area contributed by atoms with E-state index in [0.717, 1.165) is 11.3 Å². The van der Waals surface area contributed by atoms with Crippen LogP contribution in [0, 0.1) is 0 Å². The summed E-state index contributed by atoms with van der Waals surface area (Å²) in [6, 6.07) is 6.99. The molecule has 0 aromatic heterocycles. The van der Waals surface area contributed by atoms with Crippen LogP contribution in [-0.2, 0) is 16.0 Å². The Hall–Kier alpha value is -1.97. The molecule has 0 bridgehead atoms. The summed E-state index contributed by atoms with van der Waals surface area (Å²) < 4.78 is 4.74. The fourth-order valence-electron chi connectivity index (χ4n) is 1.52. The van der Waals surface area contributed by atoms with Crippen molar-refractivity contribution in [3.63, 3.8) is 0 Å². The van der Waals surface area contributed by atoms with Crippen LogP contribution < -0.4 is 11.1 Å². The zero-order chi connectivity index (χ0) is 12.8. The molecule has 0 radical (unpaired) electrons. The molecule has 1 rings (SSSR count). The summed E-state index contributed by atoms with van der Waals surface area (Å²) in [4.78, 5) is 11.6. The Morgan fingerprint density at radius 1 is 1.47 bits per heavy atom. The van der Waals surface area contributed by atoms with Crippen molar-refractivity contribution in [2.45, 2.75) is 19.4 Å². The smallest absolute Gasteiger partial charge is 0.328 e. The first-order valence-corrected chi connectivity index (χ1v) is 5.37. The van der Waals surface area contributed by atoms with Crippen LogP contribution in [0.15, 0.2) is 36.5 Å². The monoisotopic (exact) mass is 234 g/mol. The minimum Gasteiger partial charge on any atom is -0.467 e. The maximum atomic E-state index is 11.6. The van der Waals surface area contributed by atoms with E-state index >= 15 is 0 Å². The summed E-state index contributed by atoms with van der Waals surface area (Å²) in [5, 5.41) is 2.99. The number of rotatable bonds is 5. The summed E-state index contributed by atoms with van der Waals surface area (Å²) in [6.07, 6.45) is 0.541. The van der Waals surface area contributed by atoms with Gasteiger partial charge in [0.15, 0.2) is 0 Å². The minimum atomic E-state index is -0.416. The van der Waals surface area contributed by atoms with E-state index in [1.165, 1.54) is 7.11 Å². The summed E-state index contributed by atoms with van der Waals surface area (Å²) in [6.45, 7) is 5.53. The Morgan fingerprint density at radius 3 is 2.53 bits per heavy atom. The van der Waals surface area contributed by atoms with Crippen LogP contribution in [0.1, 0.15) is 12.5 Å². The number of hydrogen-bond acceptors (Lipinski definition) is 4. The van der Waals surface area contributed by atoms with E-state index in [4.69, 9.17) is 10.5 Å². The molecule has 92 valence electrons. The van der Waals surface area contributed by atoms with Crippen molar-refractivity contribution in [1.82, 2.24) is 5.32 Å². The highest BCUT2D eigenvalue weighted by Crippen LogP contribution is 2.09. The molecule has 17 heavy (non-hydrogen) atoms. The molecule has 3 N–H and O–H groups in total. The Kier molecular flexibility index (Phi) is 4.57. The molecule has 0 amide bonds. The highest BCUT2D eigenvalue weighted by molar-refractivity contribution is 5.76. The number of anilines is 1. The van der Waals surface area contributed by atoms with Crippen molar-refractivity contribution in [3.05, 3.63) is 42.1 Å². The first kappa shape index (κ1) is 13.1. The Balaban J connectivity index is 2.75. The molecule has 0 saturated heterocycles. The number of allylic oxidation sites excluding steroid dienone is 1. The van der Waals surface area contributed by atoms with Gasteiger partial charge in [-0.25, -0.2) is 4.79 Å². The molecule has 1 unspecified atom stereocenters. The lowest BCUT2D eigenvalue weighted by Gasteiger charge is -2.17. The minimum absolute atomic E-state index is 0.301. The zero-order valence-electron chi connectivity index (χ0n) is 10.2. The van der Waals surface area contributed by atoms with Crippen LogP contribution in [0.2, 0.25) is 0 Å². The molecular formula is C13H18N2O2. The predicted molar refractivity (Wildman–Crippen MR) is 68.3 cm³/mol. The van der Waals surface area contributed by atoms with Crippen LogP contribution in [0.3, 0.4) is 0 Å². The number of methoxy groups -OCH3 is 1. The molecule has 0 saturated carbocycles. The number of ether oxygens (including phenoxy) is 1. The largest absolute Gasteiger partial charge is 0.467 e. The van der Waals surface area contributed by atoms with Crippen LogP contribution >= 0.6 is 0 Å². The average Bonchev–Trinajstić information content (AvgIpc) is 2.29. The Labute approximate surface area is 101 Å². The van der Waals surface area contributed by atoms with Gasteiger partial charge in [-0.2, -0.15) is 0 Å². The fraction of sp³-hybridized carbons (Fsp3) is 0.308. The second kappa shape index (κ2) is 5.94. The first-order chi connectivity index (χ1) is 8.02. The number of nitrogens with one attached hydrogen (secondary N) is 1. The first-order valence-electron chi connectivity index (χ1n) is 5.37. The van der Waals surface area contributed by atoms with Gasteiger partial charge in [0, 0.05) is 17.8 Å². The molecule has 0 heterocycles. The van der Waals surface area contributed by atoms with Crippen LogP contribution in [0.4, 0.5) is 5.69 Å². The van der Waals surface area contributed by atoms with Gasteiger partial charge in [0.2, 0.25) is 0 Å². The number of carbonyl (C=O) groups is 1. The van der Waals surface area contributed by atoms with E-state index in [1.807, 2.05) is 24.3 Å². The van der Waals surface area contributed by atoms with Crippen molar-refractivity contribution in [2.24, 2.45) is 0 Å². The van der Waals surface area contributed by atoms with Gasteiger partial charge in [0.05, 0.1) is 7.11 Å². The number of benzene rings is 1. The van der Waals surface area contributed by atoms with Gasteiger partial charge < -0.3 is 15.8 Å². The van der Waals surface area contributed by atoms with Gasteiger partial charge in [-0.1, -0.05) is 18.7 Å². The topological polar surface area (TPSA) is 64.3 Å². The molecule has 0 fully saturated rings. The van der Waals surface area contributed by atoms with E-state index in [0.29, 0.717) is 12.1 Å². The fourth-order valence-corrected chi connectivity index (χ4v) is 1.52. The molecular weight excluding hydrogens is 216 g/mol. The SMILES string of the molecule is C=C(C)NC(Cc1ccc(N)cc1)C(=O)OC. The third kappa shape index (κ3) is 4.18. The molecule has 1 aromatic carbocycles. The van der Waals surface area contributed by atoms with E-state index in [2.05, 4.69) is 11.9 Å². The van der Waals surface area contributed by atoms with Gasteiger partial charge in [-0.05, 0) is 24.6 Å². The van der Waals surface area contributed by atoms with Crippen molar-refractivity contribution in [2.75, 3.05) is 12.8 Å². The second-order valence-corrected chi connectivity index (χ2v) is 3.95. The summed E-state index contributed by atoms with van der Waals surface area (Å²) in [7, 11) is 1.37. The summed E-state index contributed by atoms with van der Waals surface area (Å²) >= 11 is 0. The molecule has 4 nitrogen and oxygen atoms in total. The summed E-state index contributed by atoms with van der Waals surface area (Å²) in [5.74, 6) is -0.301. The lowest BCUT2D eigenvalue weighted by atomic mass is 10.1. The molecule has 0 aliphatic carbocycles. The van der Waals surface area contributed by atoms with Crippen LogP contribution in [0.25, 0.3) is 0 Å². The van der Waals surface area contributed by atoms with Gasteiger partial charge >= 0.3 is 5.97 Å². The number of nitrogen functional groups attached to an aromatic ring is 1. The third-order valence-corrected chi connectivity index (χ3v) is 2.33. The van der Waals surface area contributed by atoms with Crippen LogP contribution in [0.5, 0.6) is 0 Å². The van der Waals surface area contributed by atoms with Gasteiger partial charge in [0.25, 0.3) is 0 Å². The van der Waals surface area contributed by atoms with Crippen molar-refractivity contribution < 1.29 is 9.53 Å². The molecule has 0 aliphatic heterocycles. The highest BCUT2D eigenvalue weighted by atomic mass is 16.5. The lowest BCUT2D eigenvalue weighted by molar-refractivity contribution is -0.142. The second-order valence-electron chi connectivity index (χ2n) is 3.95. The predicted octanol–water partition coefficient (Wildman–Crippen LogP) is 1.48. The number of esters is 1. The van der Waals surface area contributed by atoms with E-state index < -0.39 is 6.04 Å². The zero-order valence-corrected chi connectivity index (χ0v) is 10.2. The van der Waals surface area contributed by atoms with Crippen molar-refractivity contribution in [3.8, 4) is 0 Å². The number of carbonyl (C=O) groups excluding carboxylic acids is 1. The van der Waals surface area contributed by atoms with E-state index in [1.54, 1.807) is 6.92 Å². The van der Waals surface area contributed by atoms with E-state index in [9.17, 15) is 4.79 Å². The Bertz CT molecular complexity index is 398. The highest BCUT2D eigenvalue weighted by Gasteiger charge is 2.18. The maximum Gasteiger partial charge on any atom is 0.328 e. The van der Waals surface area contributed by atoms with E-state index in [-0.39, 0.29) is 5.97 Å². The van der Waals surface area contributed by atoms with Crippen molar-refractivity contribution in [1.29, 1.82) is 0 Å². The Morgan fingerprint density at radius 2 is 2.06 bits per heavy atom. The average molecular weight is 234 g/mol. The molecule has 0 aliphatic rings. The lowest BCUT2D eigenvalue weighted by Crippen LogP contribution is -2.38. The maximum absolute atomic E-state index is 11.6. The number of nitrogens with two attached hydrogens (primary N) is 1. The normalized spacial score (nSPS) is 11.6. The standard InChI is InChI=1S/C13H18N2O2/c1-9(2)15-12(13(16)17-3)8-10-4-6-11(14)7-5-10/h4-7,12,15H,1,8,14H2,2-3H3. The van der Waals surface area contributed by atoms with Gasteiger partial charge in [-0.3, -0.25) is 0 Å². The molecule has 1 aromatic rings.